The molecule has 35 heavy (non-hydrogen) atoms. The Morgan fingerprint density at radius 3 is 2.09 bits per heavy atom. The number of carbonyl (C=O) groups is 1. The van der Waals surface area contributed by atoms with Crippen molar-refractivity contribution in [1.29, 1.82) is 0 Å². The summed E-state index contributed by atoms with van der Waals surface area (Å²) in [7, 11) is 6.26. The second kappa shape index (κ2) is 10.6. The number of nitrogens with zero attached hydrogens (tertiary/aromatic N) is 2. The predicted octanol–water partition coefficient (Wildman–Crippen LogP) is 4.89. The highest BCUT2D eigenvalue weighted by atomic mass is 16.5. The molecule has 0 unspecified atom stereocenters. The Bertz CT molecular complexity index is 1320. The number of ether oxygens (including phenoxy) is 4. The lowest BCUT2D eigenvalue weighted by Gasteiger charge is -2.11. The molecule has 0 aliphatic rings. The minimum absolute atomic E-state index is 0.304. The molecule has 1 aromatic heterocycles. The molecule has 0 aliphatic heterocycles. The van der Waals surface area contributed by atoms with Gasteiger partial charge in [0.05, 0.1) is 40.5 Å². The largest absolute Gasteiger partial charge is 0.493 e. The van der Waals surface area contributed by atoms with E-state index in [1.807, 2.05) is 36.4 Å². The zero-order valence-corrected chi connectivity index (χ0v) is 20.1. The van der Waals surface area contributed by atoms with E-state index < -0.39 is 0 Å². The number of carbonyl (C=O) groups excluding carboxylic acids is 1. The molecule has 0 fully saturated rings. The number of benzene rings is 3. The van der Waals surface area contributed by atoms with Crippen molar-refractivity contribution in [3.63, 3.8) is 0 Å². The molecule has 8 nitrogen and oxygen atoms in total. The number of anilines is 1. The Kier molecular flexibility index (Phi) is 7.21. The molecule has 0 spiro atoms. The fraction of sp³-hybridized carbons (Fsp3) is 0.185. The zero-order valence-electron chi connectivity index (χ0n) is 20.1. The summed E-state index contributed by atoms with van der Waals surface area (Å²) in [6.45, 7) is 0.519. The minimum atomic E-state index is -0.304. The lowest BCUT2D eigenvalue weighted by Crippen LogP contribution is -2.12. The first-order chi connectivity index (χ1) is 17.1. The van der Waals surface area contributed by atoms with Crippen LogP contribution in [0, 0.1) is 0 Å². The lowest BCUT2D eigenvalue weighted by molar-refractivity contribution is 0.102. The van der Waals surface area contributed by atoms with Gasteiger partial charge in [-0.25, -0.2) is 0 Å². The summed E-state index contributed by atoms with van der Waals surface area (Å²) in [6.07, 6.45) is 1.75. The van der Waals surface area contributed by atoms with Crippen LogP contribution in [0.2, 0.25) is 0 Å². The standard InChI is InChI=1S/C27H27N3O5/c1-32-22-12-10-19(14-24(22)34-3)26-21(17-30(29-26)16-18-8-6-5-7-9-18)27(31)28-20-11-13-23(33-2)25(15-20)35-4/h5-15,17H,16H2,1-4H3,(H,28,31). The second-order valence-electron chi connectivity index (χ2n) is 7.67. The van der Waals surface area contributed by atoms with Crippen LogP contribution in [0.1, 0.15) is 15.9 Å². The maximum atomic E-state index is 13.4. The summed E-state index contributed by atoms with van der Waals surface area (Å²) < 4.78 is 23.2. The highest BCUT2D eigenvalue weighted by Crippen LogP contribution is 2.34. The van der Waals surface area contributed by atoms with E-state index in [2.05, 4.69) is 5.32 Å². The number of methoxy groups -OCH3 is 4. The fourth-order valence-corrected chi connectivity index (χ4v) is 3.75. The van der Waals surface area contributed by atoms with E-state index in [0.717, 1.165) is 11.1 Å². The van der Waals surface area contributed by atoms with Crippen LogP contribution < -0.4 is 24.3 Å². The van der Waals surface area contributed by atoms with E-state index in [4.69, 9.17) is 24.0 Å². The zero-order chi connectivity index (χ0) is 24.8. The smallest absolute Gasteiger partial charge is 0.259 e. The van der Waals surface area contributed by atoms with Crippen LogP contribution in [-0.4, -0.2) is 44.1 Å². The summed E-state index contributed by atoms with van der Waals surface area (Å²) in [5.74, 6) is 1.93. The molecule has 1 heterocycles. The molecule has 0 atom stereocenters. The van der Waals surface area contributed by atoms with Crippen molar-refractivity contribution < 1.29 is 23.7 Å². The monoisotopic (exact) mass is 473 g/mol. The number of aromatic nitrogens is 2. The van der Waals surface area contributed by atoms with Crippen LogP contribution in [0.3, 0.4) is 0 Å². The number of nitrogens with one attached hydrogen (secondary N) is 1. The van der Waals surface area contributed by atoms with Crippen molar-refractivity contribution >= 4 is 11.6 Å². The molecule has 0 saturated carbocycles. The molecular formula is C27H27N3O5. The average molecular weight is 474 g/mol. The first-order valence-corrected chi connectivity index (χ1v) is 10.9. The molecule has 0 bridgehead atoms. The summed E-state index contributed by atoms with van der Waals surface area (Å²) >= 11 is 0. The van der Waals surface area contributed by atoms with Crippen LogP contribution in [-0.2, 0) is 6.54 Å². The average Bonchev–Trinajstić information content (AvgIpc) is 3.32. The van der Waals surface area contributed by atoms with Crippen molar-refractivity contribution in [3.05, 3.63) is 84.1 Å². The van der Waals surface area contributed by atoms with E-state index in [1.54, 1.807) is 69.6 Å². The fourth-order valence-electron chi connectivity index (χ4n) is 3.75. The van der Waals surface area contributed by atoms with Crippen molar-refractivity contribution in [1.82, 2.24) is 9.78 Å². The summed E-state index contributed by atoms with van der Waals surface area (Å²) in [6, 6.07) is 20.6. The van der Waals surface area contributed by atoms with Crippen LogP contribution in [0.15, 0.2) is 72.9 Å². The van der Waals surface area contributed by atoms with Gasteiger partial charge in [0.15, 0.2) is 23.0 Å². The van der Waals surface area contributed by atoms with E-state index in [1.165, 1.54) is 0 Å². The minimum Gasteiger partial charge on any atom is -0.493 e. The maximum Gasteiger partial charge on any atom is 0.259 e. The third-order valence-electron chi connectivity index (χ3n) is 5.49. The van der Waals surface area contributed by atoms with Gasteiger partial charge in [-0.3, -0.25) is 9.48 Å². The molecule has 1 amide bonds. The van der Waals surface area contributed by atoms with Gasteiger partial charge in [-0.05, 0) is 35.9 Å². The molecule has 1 N–H and O–H groups in total. The van der Waals surface area contributed by atoms with Gasteiger partial charge >= 0.3 is 0 Å². The number of hydrogen-bond acceptors (Lipinski definition) is 6. The van der Waals surface area contributed by atoms with Crippen LogP contribution in [0.4, 0.5) is 5.69 Å². The van der Waals surface area contributed by atoms with Gasteiger partial charge in [0.25, 0.3) is 5.91 Å². The third-order valence-corrected chi connectivity index (χ3v) is 5.49. The van der Waals surface area contributed by atoms with Crippen LogP contribution in [0.5, 0.6) is 23.0 Å². The van der Waals surface area contributed by atoms with Crippen molar-refractivity contribution in [2.75, 3.05) is 33.8 Å². The quantitative estimate of drug-likeness (QED) is 0.373. The number of rotatable bonds is 9. The second-order valence-corrected chi connectivity index (χ2v) is 7.67. The Morgan fingerprint density at radius 1 is 0.800 bits per heavy atom. The topological polar surface area (TPSA) is 83.8 Å². The SMILES string of the molecule is COc1ccc(NC(=O)c2cn(Cc3ccccc3)nc2-c2ccc(OC)c(OC)c2)cc1OC. The Hall–Kier alpha value is -4.46. The first-order valence-electron chi connectivity index (χ1n) is 10.9. The molecule has 4 rings (SSSR count). The van der Waals surface area contributed by atoms with Gasteiger partial charge in [-0.2, -0.15) is 5.10 Å². The lowest BCUT2D eigenvalue weighted by atomic mass is 10.1. The van der Waals surface area contributed by atoms with Gasteiger partial charge in [-0.15, -0.1) is 0 Å². The summed E-state index contributed by atoms with van der Waals surface area (Å²) in [4.78, 5) is 13.4. The molecule has 4 aromatic rings. The molecule has 0 saturated heterocycles. The normalized spacial score (nSPS) is 10.5. The summed E-state index contributed by atoms with van der Waals surface area (Å²) in [5, 5.41) is 7.68. The number of amides is 1. The molecule has 8 heteroatoms. The highest BCUT2D eigenvalue weighted by Gasteiger charge is 2.20. The van der Waals surface area contributed by atoms with Gasteiger partial charge < -0.3 is 24.3 Å². The van der Waals surface area contributed by atoms with E-state index in [-0.39, 0.29) is 5.91 Å². The van der Waals surface area contributed by atoms with Crippen molar-refractivity contribution in [2.45, 2.75) is 6.54 Å². The first kappa shape index (κ1) is 23.7. The molecule has 3 aromatic carbocycles. The Labute approximate surface area is 204 Å². The molecule has 0 aliphatic carbocycles. The highest BCUT2D eigenvalue weighted by molar-refractivity contribution is 6.08. The molecule has 0 radical (unpaired) electrons. The van der Waals surface area contributed by atoms with Gasteiger partial charge in [0, 0.05) is 23.5 Å². The van der Waals surface area contributed by atoms with Crippen LogP contribution in [0.25, 0.3) is 11.3 Å². The van der Waals surface area contributed by atoms with E-state index >= 15 is 0 Å². The van der Waals surface area contributed by atoms with Crippen molar-refractivity contribution in [3.8, 4) is 34.3 Å². The summed E-state index contributed by atoms with van der Waals surface area (Å²) in [5.41, 5.74) is 3.32. The van der Waals surface area contributed by atoms with E-state index in [9.17, 15) is 4.79 Å². The Balaban J connectivity index is 1.72. The van der Waals surface area contributed by atoms with Gasteiger partial charge in [-0.1, -0.05) is 30.3 Å². The van der Waals surface area contributed by atoms with Crippen molar-refractivity contribution in [2.24, 2.45) is 0 Å². The van der Waals surface area contributed by atoms with Crippen LogP contribution >= 0.6 is 0 Å². The molecular weight excluding hydrogens is 446 g/mol. The van der Waals surface area contributed by atoms with E-state index in [0.29, 0.717) is 46.5 Å². The van der Waals surface area contributed by atoms with Gasteiger partial charge in [0.2, 0.25) is 0 Å². The third kappa shape index (κ3) is 5.22. The Morgan fingerprint density at radius 2 is 1.43 bits per heavy atom. The predicted molar refractivity (Wildman–Crippen MR) is 134 cm³/mol. The number of hydrogen-bond donors (Lipinski definition) is 1. The van der Waals surface area contributed by atoms with Gasteiger partial charge in [0.1, 0.15) is 5.69 Å². The molecule has 180 valence electrons. The maximum absolute atomic E-state index is 13.4.